The second kappa shape index (κ2) is 9.23. The van der Waals surface area contributed by atoms with Gasteiger partial charge in [0.15, 0.2) is 5.82 Å². The topological polar surface area (TPSA) is 100 Å². The summed E-state index contributed by atoms with van der Waals surface area (Å²) >= 11 is 6.01. The zero-order valence-electron chi connectivity index (χ0n) is 18.8. The van der Waals surface area contributed by atoms with Gasteiger partial charge in [0.2, 0.25) is 0 Å². The maximum atomic E-state index is 13.3. The minimum absolute atomic E-state index is 0.0818. The Morgan fingerprint density at radius 1 is 1.15 bits per heavy atom. The first kappa shape index (κ1) is 22.8. The van der Waals surface area contributed by atoms with Gasteiger partial charge in [0.1, 0.15) is 5.82 Å². The molecule has 1 saturated heterocycles. The third kappa shape index (κ3) is 4.71. The van der Waals surface area contributed by atoms with Crippen LogP contribution < -0.4 is 5.32 Å². The van der Waals surface area contributed by atoms with E-state index in [1.54, 1.807) is 17.9 Å². The molecule has 2 aromatic carbocycles. The number of halogens is 1. The fourth-order valence-electron chi connectivity index (χ4n) is 4.37. The molecule has 0 radical (unpaired) electrons. The van der Waals surface area contributed by atoms with E-state index >= 15 is 0 Å². The molecular weight excluding hydrogens is 442 g/mol. The summed E-state index contributed by atoms with van der Waals surface area (Å²) < 4.78 is 2.01. The summed E-state index contributed by atoms with van der Waals surface area (Å²) in [6.07, 6.45) is 1.58. The van der Waals surface area contributed by atoms with E-state index in [1.165, 1.54) is 0 Å². The minimum Gasteiger partial charge on any atom is -0.478 e. The average Bonchev–Trinajstić information content (AvgIpc) is 3.38. The Balaban J connectivity index is 1.60. The smallest absolute Gasteiger partial charge is 0.337 e. The number of amides is 2. The number of aromatic nitrogens is 3. The molecule has 9 heteroatoms. The van der Waals surface area contributed by atoms with Gasteiger partial charge in [-0.2, -0.15) is 0 Å². The predicted molar refractivity (Wildman–Crippen MR) is 126 cm³/mol. The first-order chi connectivity index (χ1) is 15.7. The molecule has 8 nitrogen and oxygen atoms in total. The highest BCUT2D eigenvalue weighted by atomic mass is 35.5. The van der Waals surface area contributed by atoms with Crippen molar-refractivity contribution < 1.29 is 14.7 Å². The molecule has 33 heavy (non-hydrogen) atoms. The van der Waals surface area contributed by atoms with Crippen molar-refractivity contribution in [3.63, 3.8) is 0 Å². The number of hydrogen-bond acceptors (Lipinski definition) is 4. The van der Waals surface area contributed by atoms with Crippen LogP contribution in [0, 0.1) is 20.8 Å². The van der Waals surface area contributed by atoms with Gasteiger partial charge in [0, 0.05) is 11.6 Å². The molecule has 4 rings (SSSR count). The summed E-state index contributed by atoms with van der Waals surface area (Å²) in [4.78, 5) is 26.8. The Labute approximate surface area is 197 Å². The molecule has 3 aromatic rings. The number of anilines is 1. The minimum atomic E-state index is -1.08. The van der Waals surface area contributed by atoms with Gasteiger partial charge < -0.3 is 19.9 Å². The normalized spacial score (nSPS) is 15.6. The SMILES string of the molecule is Cc1cc(C)c(NC(=O)N2CCC[C@@H]2c2nnc(C)n2Cc2ccc(Cl)cc2)c(C(=O)O)c1. The van der Waals surface area contributed by atoms with Gasteiger partial charge in [-0.05, 0) is 68.5 Å². The van der Waals surface area contributed by atoms with Gasteiger partial charge in [-0.1, -0.05) is 29.8 Å². The van der Waals surface area contributed by atoms with Crippen molar-refractivity contribution >= 4 is 29.3 Å². The summed E-state index contributed by atoms with van der Waals surface area (Å²) in [5.41, 5.74) is 2.99. The van der Waals surface area contributed by atoms with Crippen molar-refractivity contribution in [1.82, 2.24) is 19.7 Å². The predicted octanol–water partition coefficient (Wildman–Crippen LogP) is 4.97. The van der Waals surface area contributed by atoms with E-state index < -0.39 is 5.97 Å². The Morgan fingerprint density at radius 2 is 1.88 bits per heavy atom. The van der Waals surface area contributed by atoms with Crippen LogP contribution in [-0.4, -0.2) is 43.3 Å². The van der Waals surface area contributed by atoms with Crippen LogP contribution in [0.25, 0.3) is 0 Å². The molecule has 2 amide bonds. The van der Waals surface area contributed by atoms with Crippen LogP contribution in [0.15, 0.2) is 36.4 Å². The number of aromatic carboxylic acids is 1. The molecule has 0 saturated carbocycles. The van der Waals surface area contributed by atoms with Crippen molar-refractivity contribution in [1.29, 1.82) is 0 Å². The van der Waals surface area contributed by atoms with Gasteiger partial charge in [-0.15, -0.1) is 10.2 Å². The molecule has 0 aliphatic carbocycles. The number of carboxylic acids is 1. The molecule has 2 N–H and O–H groups in total. The van der Waals surface area contributed by atoms with Gasteiger partial charge in [0.05, 0.1) is 23.8 Å². The van der Waals surface area contributed by atoms with Crippen LogP contribution in [0.5, 0.6) is 0 Å². The molecule has 1 aliphatic rings. The molecular formula is C24H26ClN5O3. The zero-order chi connectivity index (χ0) is 23.7. The van der Waals surface area contributed by atoms with Crippen molar-refractivity contribution in [2.75, 3.05) is 11.9 Å². The second-order valence-corrected chi connectivity index (χ2v) is 8.85. The third-order valence-corrected chi connectivity index (χ3v) is 6.22. The Bertz CT molecular complexity index is 1210. The van der Waals surface area contributed by atoms with Crippen molar-refractivity contribution in [3.8, 4) is 0 Å². The van der Waals surface area contributed by atoms with Crippen LogP contribution in [0.2, 0.25) is 5.02 Å². The first-order valence-electron chi connectivity index (χ1n) is 10.8. The number of urea groups is 1. The highest BCUT2D eigenvalue weighted by molar-refractivity contribution is 6.30. The fourth-order valence-corrected chi connectivity index (χ4v) is 4.50. The average molecular weight is 468 g/mol. The fraction of sp³-hybridized carbons (Fsp3) is 0.333. The number of benzene rings is 2. The van der Waals surface area contributed by atoms with Crippen LogP contribution >= 0.6 is 11.6 Å². The molecule has 0 unspecified atom stereocenters. The monoisotopic (exact) mass is 467 g/mol. The Morgan fingerprint density at radius 3 is 2.58 bits per heavy atom. The maximum Gasteiger partial charge on any atom is 0.337 e. The quantitative estimate of drug-likeness (QED) is 0.551. The van der Waals surface area contributed by atoms with E-state index in [1.807, 2.05) is 48.7 Å². The molecule has 1 aromatic heterocycles. The van der Waals surface area contributed by atoms with E-state index in [4.69, 9.17) is 11.6 Å². The van der Waals surface area contributed by atoms with Gasteiger partial charge in [-0.25, -0.2) is 9.59 Å². The molecule has 172 valence electrons. The number of carboxylic acid groups (broad SMARTS) is 1. The number of nitrogens with one attached hydrogen (secondary N) is 1. The lowest BCUT2D eigenvalue weighted by atomic mass is 10.0. The van der Waals surface area contributed by atoms with Crippen LogP contribution in [0.4, 0.5) is 10.5 Å². The van der Waals surface area contributed by atoms with E-state index in [-0.39, 0.29) is 17.6 Å². The van der Waals surface area contributed by atoms with Gasteiger partial charge >= 0.3 is 12.0 Å². The number of carbonyl (C=O) groups excluding carboxylic acids is 1. The largest absolute Gasteiger partial charge is 0.478 e. The molecule has 1 fully saturated rings. The highest BCUT2D eigenvalue weighted by Gasteiger charge is 2.34. The summed E-state index contributed by atoms with van der Waals surface area (Å²) in [6.45, 7) is 6.63. The number of carbonyl (C=O) groups is 2. The lowest BCUT2D eigenvalue weighted by molar-refractivity contribution is 0.0698. The molecule has 2 heterocycles. The van der Waals surface area contributed by atoms with E-state index in [2.05, 4.69) is 15.5 Å². The van der Waals surface area contributed by atoms with E-state index in [9.17, 15) is 14.7 Å². The molecule has 1 aliphatic heterocycles. The number of likely N-dealkylation sites (tertiary alicyclic amines) is 1. The van der Waals surface area contributed by atoms with Crippen LogP contribution in [0.1, 0.15) is 57.6 Å². The summed E-state index contributed by atoms with van der Waals surface area (Å²) in [5, 5.41) is 21.8. The van der Waals surface area contributed by atoms with E-state index in [0.717, 1.165) is 29.8 Å². The van der Waals surface area contributed by atoms with E-state index in [0.29, 0.717) is 35.2 Å². The molecule has 0 bridgehead atoms. The lowest BCUT2D eigenvalue weighted by Gasteiger charge is -2.26. The zero-order valence-corrected chi connectivity index (χ0v) is 19.6. The van der Waals surface area contributed by atoms with Crippen LogP contribution in [0.3, 0.4) is 0 Å². The summed E-state index contributed by atoms with van der Waals surface area (Å²) in [5.74, 6) is 0.400. The van der Waals surface area contributed by atoms with Gasteiger partial charge in [0.25, 0.3) is 0 Å². The number of nitrogens with zero attached hydrogens (tertiary/aromatic N) is 4. The van der Waals surface area contributed by atoms with Crippen molar-refractivity contribution in [2.24, 2.45) is 0 Å². The summed E-state index contributed by atoms with van der Waals surface area (Å²) in [7, 11) is 0. The van der Waals surface area contributed by atoms with Crippen molar-refractivity contribution in [3.05, 3.63) is 75.3 Å². The Kier molecular flexibility index (Phi) is 6.37. The van der Waals surface area contributed by atoms with Crippen LogP contribution in [-0.2, 0) is 6.54 Å². The highest BCUT2D eigenvalue weighted by Crippen LogP contribution is 2.33. The van der Waals surface area contributed by atoms with Crippen molar-refractivity contribution in [2.45, 2.75) is 46.2 Å². The first-order valence-corrected chi connectivity index (χ1v) is 11.2. The third-order valence-electron chi connectivity index (χ3n) is 5.97. The molecule has 1 atom stereocenters. The summed E-state index contributed by atoms with van der Waals surface area (Å²) in [6, 6.07) is 10.4. The second-order valence-electron chi connectivity index (χ2n) is 8.41. The number of hydrogen-bond donors (Lipinski definition) is 2. The number of aryl methyl sites for hydroxylation is 3. The standard InChI is InChI=1S/C24H26ClN5O3/c1-14-11-15(2)21(19(12-14)23(31)32)26-24(33)29-10-4-5-20(29)22-28-27-16(3)30(22)13-17-6-8-18(25)9-7-17/h6-9,11-12,20H,4-5,10,13H2,1-3H3,(H,26,33)(H,31,32)/t20-/m1/s1. The molecule has 0 spiro atoms. The van der Waals surface area contributed by atoms with Gasteiger partial charge in [-0.3, -0.25) is 0 Å². The number of rotatable bonds is 5. The lowest BCUT2D eigenvalue weighted by Crippen LogP contribution is -2.36. The Hall–Kier alpha value is -3.39. The maximum absolute atomic E-state index is 13.3.